The molecule has 2 N–H and O–H groups in total. The minimum absolute atomic E-state index is 0.203. The van der Waals surface area contributed by atoms with E-state index in [-0.39, 0.29) is 5.56 Å². The summed E-state index contributed by atoms with van der Waals surface area (Å²) in [6.45, 7) is 0. The second-order valence-corrected chi connectivity index (χ2v) is 3.57. The van der Waals surface area contributed by atoms with Crippen LogP contribution in [0.4, 0.5) is 4.39 Å². The monoisotopic (exact) mass is 296 g/mol. The molecule has 3 nitrogen and oxygen atoms in total. The van der Waals surface area contributed by atoms with E-state index < -0.39 is 17.9 Å². The summed E-state index contributed by atoms with van der Waals surface area (Å²) in [6, 6.07) is 3.54. The van der Waals surface area contributed by atoms with Crippen molar-refractivity contribution in [3.8, 4) is 0 Å². The van der Waals surface area contributed by atoms with E-state index in [1.54, 1.807) is 22.6 Å². The molecule has 0 saturated carbocycles. The van der Waals surface area contributed by atoms with Gasteiger partial charge in [0.15, 0.2) is 6.10 Å². The second-order valence-electron chi connectivity index (χ2n) is 2.41. The first-order valence-corrected chi connectivity index (χ1v) is 4.46. The summed E-state index contributed by atoms with van der Waals surface area (Å²) in [7, 11) is 0. The average molecular weight is 296 g/mol. The molecular formula is C8H6FIO3. The van der Waals surface area contributed by atoms with Crippen molar-refractivity contribution in [3.05, 3.63) is 33.1 Å². The number of hydrogen-bond acceptors (Lipinski definition) is 2. The van der Waals surface area contributed by atoms with E-state index in [4.69, 9.17) is 10.2 Å². The quantitative estimate of drug-likeness (QED) is 0.814. The summed E-state index contributed by atoms with van der Waals surface area (Å²) in [4.78, 5) is 10.4. The van der Waals surface area contributed by atoms with Crippen molar-refractivity contribution in [1.29, 1.82) is 0 Å². The van der Waals surface area contributed by atoms with Crippen molar-refractivity contribution in [2.45, 2.75) is 6.10 Å². The first kappa shape index (κ1) is 10.4. The Hall–Kier alpha value is -0.690. The number of hydrogen-bond donors (Lipinski definition) is 2. The molecule has 5 heteroatoms. The van der Waals surface area contributed by atoms with Gasteiger partial charge in [0, 0.05) is 9.13 Å². The molecule has 0 amide bonds. The Morgan fingerprint density at radius 1 is 1.54 bits per heavy atom. The summed E-state index contributed by atoms with van der Waals surface area (Å²) in [6.07, 6.45) is -1.59. The van der Waals surface area contributed by atoms with E-state index in [0.29, 0.717) is 3.57 Å². The molecule has 1 rings (SSSR count). The van der Waals surface area contributed by atoms with E-state index >= 15 is 0 Å². The molecule has 0 heterocycles. The van der Waals surface area contributed by atoms with Gasteiger partial charge >= 0.3 is 5.97 Å². The molecule has 0 spiro atoms. The predicted octanol–water partition coefficient (Wildman–Crippen LogP) is 1.55. The third kappa shape index (κ3) is 2.38. The van der Waals surface area contributed by atoms with Crippen LogP contribution in [-0.4, -0.2) is 16.2 Å². The Balaban J connectivity index is 3.08. The van der Waals surface area contributed by atoms with Gasteiger partial charge in [0.25, 0.3) is 0 Å². The van der Waals surface area contributed by atoms with Gasteiger partial charge in [0.05, 0.1) is 0 Å². The summed E-state index contributed by atoms with van der Waals surface area (Å²) >= 11 is 1.77. The zero-order valence-electron chi connectivity index (χ0n) is 6.37. The molecule has 0 aliphatic heterocycles. The topological polar surface area (TPSA) is 57.5 Å². The molecule has 1 aromatic rings. The maximum Gasteiger partial charge on any atom is 0.337 e. The maximum absolute atomic E-state index is 12.6. The average Bonchev–Trinajstić information content (AvgIpc) is 2.03. The molecule has 1 atom stereocenters. The smallest absolute Gasteiger partial charge is 0.337 e. The molecule has 13 heavy (non-hydrogen) atoms. The van der Waals surface area contributed by atoms with Crippen LogP contribution in [0.5, 0.6) is 0 Å². The summed E-state index contributed by atoms with van der Waals surface area (Å²) < 4.78 is 13.0. The molecule has 0 aromatic heterocycles. The number of carbonyl (C=O) groups is 1. The SMILES string of the molecule is O=C(O)C(O)c1ccc(F)cc1I. The molecule has 70 valence electrons. The lowest BCUT2D eigenvalue weighted by atomic mass is 10.1. The standard InChI is InChI=1S/C8H6FIO3/c9-4-1-2-5(6(10)3-4)7(11)8(12)13/h1-3,7,11H,(H,12,13). The Morgan fingerprint density at radius 3 is 2.62 bits per heavy atom. The molecule has 0 aliphatic carbocycles. The number of carboxylic acids is 1. The number of halogens is 2. The van der Waals surface area contributed by atoms with Crippen molar-refractivity contribution in [1.82, 2.24) is 0 Å². The summed E-state index contributed by atoms with van der Waals surface area (Å²) in [5, 5.41) is 17.6. The Labute approximate surface area is 87.3 Å². The number of rotatable bonds is 2. The van der Waals surface area contributed by atoms with Crippen LogP contribution in [0.25, 0.3) is 0 Å². The molecule has 0 aliphatic rings. The number of carboxylic acid groups (broad SMARTS) is 1. The molecule has 1 aromatic carbocycles. The molecule has 0 radical (unpaired) electrons. The van der Waals surface area contributed by atoms with Gasteiger partial charge in [0.1, 0.15) is 5.82 Å². The van der Waals surface area contributed by atoms with Gasteiger partial charge in [-0.15, -0.1) is 0 Å². The Kier molecular flexibility index (Phi) is 3.21. The number of aliphatic carboxylic acids is 1. The zero-order valence-corrected chi connectivity index (χ0v) is 8.53. The molecule has 0 saturated heterocycles. The van der Waals surface area contributed by atoms with Crippen molar-refractivity contribution in [2.24, 2.45) is 0 Å². The van der Waals surface area contributed by atoms with Crippen LogP contribution in [0.1, 0.15) is 11.7 Å². The normalized spacial score (nSPS) is 12.5. The second kappa shape index (κ2) is 4.01. The lowest BCUT2D eigenvalue weighted by molar-refractivity contribution is -0.147. The maximum atomic E-state index is 12.6. The van der Waals surface area contributed by atoms with Gasteiger partial charge in [-0.1, -0.05) is 6.07 Å². The predicted molar refractivity (Wildman–Crippen MR) is 51.7 cm³/mol. The highest BCUT2D eigenvalue weighted by Gasteiger charge is 2.18. The molecule has 0 fully saturated rings. The highest BCUT2D eigenvalue weighted by Crippen LogP contribution is 2.20. The fourth-order valence-electron chi connectivity index (χ4n) is 0.856. The first-order chi connectivity index (χ1) is 6.02. The highest BCUT2D eigenvalue weighted by molar-refractivity contribution is 14.1. The number of aliphatic hydroxyl groups is 1. The van der Waals surface area contributed by atoms with E-state index in [2.05, 4.69) is 0 Å². The van der Waals surface area contributed by atoms with E-state index in [1.165, 1.54) is 12.1 Å². The highest BCUT2D eigenvalue weighted by atomic mass is 127. The lowest BCUT2D eigenvalue weighted by Crippen LogP contribution is -2.11. The minimum atomic E-state index is -1.59. The Morgan fingerprint density at radius 2 is 2.15 bits per heavy atom. The van der Waals surface area contributed by atoms with Crippen LogP contribution in [0.3, 0.4) is 0 Å². The van der Waals surface area contributed by atoms with Crippen molar-refractivity contribution in [3.63, 3.8) is 0 Å². The van der Waals surface area contributed by atoms with Gasteiger partial charge in [-0.2, -0.15) is 0 Å². The van der Waals surface area contributed by atoms with Gasteiger partial charge in [-0.05, 0) is 34.7 Å². The van der Waals surface area contributed by atoms with E-state index in [9.17, 15) is 9.18 Å². The van der Waals surface area contributed by atoms with Gasteiger partial charge in [0.2, 0.25) is 0 Å². The van der Waals surface area contributed by atoms with E-state index in [0.717, 1.165) is 6.07 Å². The minimum Gasteiger partial charge on any atom is -0.479 e. The third-order valence-corrected chi connectivity index (χ3v) is 2.43. The number of aliphatic hydroxyl groups excluding tert-OH is 1. The number of benzene rings is 1. The van der Waals surface area contributed by atoms with Crippen LogP contribution < -0.4 is 0 Å². The van der Waals surface area contributed by atoms with Gasteiger partial charge < -0.3 is 10.2 Å². The fourth-order valence-corrected chi connectivity index (χ4v) is 1.63. The summed E-state index contributed by atoms with van der Waals surface area (Å²) in [5.74, 6) is -1.80. The van der Waals surface area contributed by atoms with E-state index in [1.807, 2.05) is 0 Å². The fraction of sp³-hybridized carbons (Fsp3) is 0.125. The lowest BCUT2D eigenvalue weighted by Gasteiger charge is -2.07. The van der Waals surface area contributed by atoms with Gasteiger partial charge in [-0.3, -0.25) is 0 Å². The van der Waals surface area contributed by atoms with Crippen LogP contribution in [0, 0.1) is 9.39 Å². The molecule has 1 unspecified atom stereocenters. The van der Waals surface area contributed by atoms with Crippen LogP contribution in [0.2, 0.25) is 0 Å². The summed E-state index contributed by atoms with van der Waals surface area (Å²) in [5.41, 5.74) is 0.203. The van der Waals surface area contributed by atoms with Crippen molar-refractivity contribution < 1.29 is 19.4 Å². The zero-order chi connectivity index (χ0) is 10.0. The Bertz CT molecular complexity index is 340. The molecular weight excluding hydrogens is 290 g/mol. The van der Waals surface area contributed by atoms with Crippen LogP contribution >= 0.6 is 22.6 Å². The van der Waals surface area contributed by atoms with Crippen LogP contribution in [0.15, 0.2) is 18.2 Å². The van der Waals surface area contributed by atoms with Crippen molar-refractivity contribution >= 4 is 28.6 Å². The molecule has 0 bridgehead atoms. The van der Waals surface area contributed by atoms with Crippen LogP contribution in [-0.2, 0) is 4.79 Å². The first-order valence-electron chi connectivity index (χ1n) is 3.38. The third-order valence-electron chi connectivity index (χ3n) is 1.49. The van der Waals surface area contributed by atoms with Crippen molar-refractivity contribution in [2.75, 3.05) is 0 Å². The van der Waals surface area contributed by atoms with Gasteiger partial charge in [-0.25, -0.2) is 9.18 Å². The largest absolute Gasteiger partial charge is 0.479 e.